The van der Waals surface area contributed by atoms with E-state index in [9.17, 15) is 0 Å². The first-order valence-electron chi connectivity index (χ1n) is 1.70. The molecule has 6 heavy (non-hydrogen) atoms. The molecule has 0 aromatic carbocycles. The molecule has 0 spiro atoms. The lowest BCUT2D eigenvalue weighted by Gasteiger charge is -1.77. The maximum absolute atomic E-state index is 3.56. The molecule has 0 unspecified atom stereocenters. The molecule has 0 saturated carbocycles. The number of rotatable bonds is 1. The number of hydrogen-bond donors (Lipinski definition) is 0. The van der Waals surface area contributed by atoms with Crippen LogP contribution in [-0.4, -0.2) is 0 Å². The minimum Gasteiger partial charge on any atom is -0.0988 e. The zero-order valence-electron chi connectivity index (χ0n) is 3.74. The van der Waals surface area contributed by atoms with Crippen molar-refractivity contribution in [3.63, 3.8) is 0 Å². The summed E-state index contributed by atoms with van der Waals surface area (Å²) in [6.07, 6.45) is 1.83. The maximum Gasteiger partial charge on any atom is -0.0205 e. The Kier molecular flexibility index (Phi) is 3.52. The van der Waals surface area contributed by atoms with Crippen molar-refractivity contribution in [2.75, 3.05) is 0 Å². The highest BCUT2D eigenvalue weighted by molar-refractivity contribution is 14.1. The highest BCUT2D eigenvalue weighted by atomic mass is 127. The van der Waals surface area contributed by atoms with Crippen LogP contribution in [0.3, 0.4) is 0 Å². The van der Waals surface area contributed by atoms with Crippen LogP contribution in [0, 0.1) is 0 Å². The summed E-state index contributed by atoms with van der Waals surface area (Å²) in [5.41, 5.74) is 1.22. The molecule has 0 atom stereocenters. The van der Waals surface area contributed by atoms with Crippen LogP contribution in [0.25, 0.3) is 0 Å². The molecule has 0 fully saturated rings. The predicted molar refractivity (Wildman–Crippen MR) is 38.0 cm³/mol. The first-order valence-corrected chi connectivity index (χ1v) is 2.95. The van der Waals surface area contributed by atoms with Crippen LogP contribution >= 0.6 is 22.6 Å². The summed E-state index contributed by atoms with van der Waals surface area (Å²) in [5, 5.41) is 0. The summed E-state index contributed by atoms with van der Waals surface area (Å²) in [6, 6.07) is 0. The first-order chi connectivity index (χ1) is 2.81. The lowest BCUT2D eigenvalue weighted by atomic mass is 10.4. The van der Waals surface area contributed by atoms with Crippen LogP contribution in [-0.2, 0) is 0 Å². The Morgan fingerprint density at radius 3 is 2.33 bits per heavy atom. The number of halogens is 1. The van der Waals surface area contributed by atoms with Crippen molar-refractivity contribution in [1.82, 2.24) is 0 Å². The third-order valence-electron chi connectivity index (χ3n) is 0.494. The molecule has 0 nitrogen and oxygen atoms in total. The zero-order valence-corrected chi connectivity index (χ0v) is 5.90. The molecule has 0 aliphatic rings. The lowest BCUT2D eigenvalue weighted by Crippen LogP contribution is -1.54. The van der Waals surface area contributed by atoms with Gasteiger partial charge in [-0.1, -0.05) is 35.2 Å². The Hall–Kier alpha value is 0.210. The largest absolute Gasteiger partial charge is 0.0988 e. The zero-order chi connectivity index (χ0) is 4.99. The smallest absolute Gasteiger partial charge is 0.0205 e. The van der Waals surface area contributed by atoms with Gasteiger partial charge >= 0.3 is 0 Å². The van der Waals surface area contributed by atoms with Crippen molar-refractivity contribution in [3.8, 4) is 0 Å². The summed E-state index contributed by atoms with van der Waals surface area (Å²) in [5.74, 6) is 0. The SMILES string of the molecule is C=C/C(C)=C/I. The monoisotopic (exact) mass is 194 g/mol. The predicted octanol–water partition coefficient (Wildman–Crippen LogP) is 2.51. The second kappa shape index (κ2) is 3.40. The molecule has 0 amide bonds. The van der Waals surface area contributed by atoms with Crippen LogP contribution in [0.5, 0.6) is 0 Å². The van der Waals surface area contributed by atoms with E-state index in [1.807, 2.05) is 17.1 Å². The van der Waals surface area contributed by atoms with E-state index in [0.717, 1.165) is 0 Å². The fourth-order valence-electron chi connectivity index (χ4n) is 0.0445. The molecular weight excluding hydrogens is 187 g/mol. The molecule has 0 N–H and O–H groups in total. The number of allylic oxidation sites excluding steroid dienone is 2. The van der Waals surface area contributed by atoms with E-state index in [2.05, 4.69) is 29.2 Å². The van der Waals surface area contributed by atoms with Crippen LogP contribution in [0.2, 0.25) is 0 Å². The Morgan fingerprint density at radius 2 is 2.33 bits per heavy atom. The van der Waals surface area contributed by atoms with Gasteiger partial charge in [0.15, 0.2) is 0 Å². The van der Waals surface area contributed by atoms with Crippen molar-refractivity contribution in [2.24, 2.45) is 0 Å². The minimum absolute atomic E-state index is 1.22. The van der Waals surface area contributed by atoms with Gasteiger partial charge in [0, 0.05) is 0 Å². The van der Waals surface area contributed by atoms with Gasteiger partial charge in [-0.05, 0) is 16.6 Å². The highest BCUT2D eigenvalue weighted by Crippen LogP contribution is 1.95. The van der Waals surface area contributed by atoms with E-state index < -0.39 is 0 Å². The van der Waals surface area contributed by atoms with Gasteiger partial charge in [-0.15, -0.1) is 0 Å². The van der Waals surface area contributed by atoms with Crippen LogP contribution in [0.1, 0.15) is 6.92 Å². The molecular formula is C5H7I. The van der Waals surface area contributed by atoms with Crippen molar-refractivity contribution in [2.45, 2.75) is 6.92 Å². The van der Waals surface area contributed by atoms with Gasteiger partial charge in [0.25, 0.3) is 0 Å². The third kappa shape index (κ3) is 2.45. The van der Waals surface area contributed by atoms with E-state index in [4.69, 9.17) is 0 Å². The molecule has 0 aromatic rings. The summed E-state index contributed by atoms with van der Waals surface area (Å²) in [4.78, 5) is 0. The maximum atomic E-state index is 3.56. The summed E-state index contributed by atoms with van der Waals surface area (Å²) >= 11 is 2.18. The summed E-state index contributed by atoms with van der Waals surface area (Å²) < 4.78 is 1.99. The second-order valence-electron chi connectivity index (χ2n) is 1.06. The summed E-state index contributed by atoms with van der Waals surface area (Å²) in [6.45, 7) is 5.57. The molecule has 1 heteroatoms. The van der Waals surface area contributed by atoms with Gasteiger partial charge in [-0.2, -0.15) is 0 Å². The first kappa shape index (κ1) is 6.21. The van der Waals surface area contributed by atoms with Crippen LogP contribution in [0.4, 0.5) is 0 Å². The molecule has 0 heterocycles. The Bertz CT molecular complexity index is 72.0. The normalized spacial score (nSPS) is 11.3. The van der Waals surface area contributed by atoms with Crippen molar-refractivity contribution in [1.29, 1.82) is 0 Å². The van der Waals surface area contributed by atoms with Crippen LogP contribution in [0.15, 0.2) is 22.3 Å². The van der Waals surface area contributed by atoms with E-state index >= 15 is 0 Å². The van der Waals surface area contributed by atoms with Crippen molar-refractivity contribution < 1.29 is 0 Å². The standard InChI is InChI=1S/C5H7I/c1-3-5(2)4-6/h3-4H,1H2,2H3/b5-4+. The number of hydrogen-bond acceptors (Lipinski definition) is 0. The van der Waals surface area contributed by atoms with E-state index in [1.165, 1.54) is 5.57 Å². The molecule has 0 aliphatic heterocycles. The molecule has 34 valence electrons. The fraction of sp³-hybridized carbons (Fsp3) is 0.200. The van der Waals surface area contributed by atoms with Crippen molar-refractivity contribution in [3.05, 3.63) is 22.3 Å². The molecule has 0 aromatic heterocycles. The Balaban J connectivity index is 3.50. The quantitative estimate of drug-likeness (QED) is 0.444. The van der Waals surface area contributed by atoms with E-state index in [-0.39, 0.29) is 0 Å². The van der Waals surface area contributed by atoms with Gasteiger partial charge in [-0.25, -0.2) is 0 Å². The highest BCUT2D eigenvalue weighted by Gasteiger charge is 1.68. The van der Waals surface area contributed by atoms with E-state index in [0.29, 0.717) is 0 Å². The molecule has 0 saturated heterocycles. The molecule has 0 radical (unpaired) electrons. The second-order valence-corrected chi connectivity index (χ2v) is 1.68. The fourth-order valence-corrected chi connectivity index (χ4v) is 0.299. The Morgan fingerprint density at radius 1 is 1.83 bits per heavy atom. The topological polar surface area (TPSA) is 0 Å². The Labute approximate surface area is 52.1 Å². The van der Waals surface area contributed by atoms with Crippen molar-refractivity contribution >= 4 is 22.6 Å². The van der Waals surface area contributed by atoms with Gasteiger partial charge in [0.1, 0.15) is 0 Å². The van der Waals surface area contributed by atoms with Gasteiger partial charge in [-0.3, -0.25) is 0 Å². The minimum atomic E-state index is 1.22. The van der Waals surface area contributed by atoms with E-state index in [1.54, 1.807) is 0 Å². The average Bonchev–Trinajstić information content (AvgIpc) is 1.65. The lowest BCUT2D eigenvalue weighted by molar-refractivity contribution is 1.57. The average molecular weight is 194 g/mol. The molecule has 0 rings (SSSR count). The molecule has 0 bridgehead atoms. The van der Waals surface area contributed by atoms with Gasteiger partial charge in [0.05, 0.1) is 0 Å². The van der Waals surface area contributed by atoms with Gasteiger partial charge < -0.3 is 0 Å². The van der Waals surface area contributed by atoms with Crippen LogP contribution < -0.4 is 0 Å². The third-order valence-corrected chi connectivity index (χ3v) is 1.48. The molecule has 0 aliphatic carbocycles. The van der Waals surface area contributed by atoms with Gasteiger partial charge in [0.2, 0.25) is 0 Å². The summed E-state index contributed by atoms with van der Waals surface area (Å²) in [7, 11) is 0.